The molecule has 0 fully saturated rings. The van der Waals surface area contributed by atoms with E-state index in [1.54, 1.807) is 19.2 Å². The Morgan fingerprint density at radius 2 is 1.77 bits per heavy atom. The highest BCUT2D eigenvalue weighted by atomic mass is 16.5. The quantitative estimate of drug-likeness (QED) is 0.350. The second kappa shape index (κ2) is 11.5. The third-order valence-electron chi connectivity index (χ3n) is 6.08. The van der Waals surface area contributed by atoms with Gasteiger partial charge in [-0.2, -0.15) is 0 Å². The minimum absolute atomic E-state index is 0.0529. The van der Waals surface area contributed by atoms with Crippen LogP contribution in [0.4, 0.5) is 0 Å². The van der Waals surface area contributed by atoms with E-state index < -0.39 is 0 Å². The van der Waals surface area contributed by atoms with Gasteiger partial charge in [0.25, 0.3) is 5.91 Å². The Kier molecular flexibility index (Phi) is 8.00. The summed E-state index contributed by atoms with van der Waals surface area (Å²) >= 11 is 0. The smallest absolute Gasteiger partial charge is 0.290 e. The molecule has 4 rings (SSSR count). The van der Waals surface area contributed by atoms with E-state index in [1.165, 1.54) is 16.7 Å². The van der Waals surface area contributed by atoms with Crippen molar-refractivity contribution in [3.63, 3.8) is 0 Å². The molecular weight excluding hydrogens is 442 g/mol. The van der Waals surface area contributed by atoms with Crippen LogP contribution in [0, 0.1) is 6.92 Å². The summed E-state index contributed by atoms with van der Waals surface area (Å²) in [6.07, 6.45) is 4.16. The maximum absolute atomic E-state index is 13.5. The Morgan fingerprint density at radius 3 is 2.51 bits per heavy atom. The van der Waals surface area contributed by atoms with Gasteiger partial charge in [0, 0.05) is 43.8 Å². The zero-order valence-corrected chi connectivity index (χ0v) is 20.2. The SMILES string of the molecule is COCCN(CC(=O)N(CCc1c[nH]c2ccccc12)Cc1ccc(C)cc1)C(=O)c1ccco1. The lowest BCUT2D eigenvalue weighted by Gasteiger charge is -2.27. The summed E-state index contributed by atoms with van der Waals surface area (Å²) in [4.78, 5) is 33.1. The minimum atomic E-state index is -0.327. The number of para-hydroxylation sites is 1. The van der Waals surface area contributed by atoms with Crippen LogP contribution in [0.3, 0.4) is 0 Å². The number of fused-ring (bicyclic) bond motifs is 1. The largest absolute Gasteiger partial charge is 0.459 e. The van der Waals surface area contributed by atoms with E-state index in [0.29, 0.717) is 32.7 Å². The van der Waals surface area contributed by atoms with E-state index in [0.717, 1.165) is 22.0 Å². The van der Waals surface area contributed by atoms with Crippen molar-refractivity contribution in [2.75, 3.05) is 33.4 Å². The van der Waals surface area contributed by atoms with Gasteiger partial charge in [-0.15, -0.1) is 0 Å². The predicted octanol–water partition coefficient (Wildman–Crippen LogP) is 4.43. The number of amides is 2. The Hall–Kier alpha value is -3.84. The van der Waals surface area contributed by atoms with Crippen molar-refractivity contribution in [3.8, 4) is 0 Å². The molecule has 1 N–H and O–H groups in total. The maximum atomic E-state index is 13.5. The highest BCUT2D eigenvalue weighted by molar-refractivity contribution is 5.94. The molecule has 2 heterocycles. The number of methoxy groups -OCH3 is 1. The van der Waals surface area contributed by atoms with Crippen LogP contribution in [-0.4, -0.2) is 59.9 Å². The van der Waals surface area contributed by atoms with Crippen LogP contribution in [0.1, 0.15) is 27.2 Å². The number of hydrogen-bond acceptors (Lipinski definition) is 4. The van der Waals surface area contributed by atoms with Crippen molar-refractivity contribution in [2.24, 2.45) is 0 Å². The summed E-state index contributed by atoms with van der Waals surface area (Å²) < 4.78 is 10.5. The fourth-order valence-electron chi connectivity index (χ4n) is 4.07. The Balaban J connectivity index is 1.52. The number of furan rings is 1. The van der Waals surface area contributed by atoms with Gasteiger partial charge in [-0.25, -0.2) is 0 Å². The van der Waals surface area contributed by atoms with E-state index >= 15 is 0 Å². The van der Waals surface area contributed by atoms with Crippen molar-refractivity contribution in [2.45, 2.75) is 19.9 Å². The molecule has 2 aromatic heterocycles. The van der Waals surface area contributed by atoms with E-state index in [9.17, 15) is 9.59 Å². The molecule has 0 aliphatic heterocycles. The summed E-state index contributed by atoms with van der Waals surface area (Å²) in [6.45, 7) is 3.60. The van der Waals surface area contributed by atoms with Gasteiger partial charge in [0.05, 0.1) is 12.9 Å². The number of nitrogens with zero attached hydrogens (tertiary/aromatic N) is 2. The highest BCUT2D eigenvalue weighted by Gasteiger charge is 2.24. The van der Waals surface area contributed by atoms with Gasteiger partial charge in [-0.3, -0.25) is 9.59 Å². The zero-order valence-electron chi connectivity index (χ0n) is 20.2. The Labute approximate surface area is 205 Å². The monoisotopic (exact) mass is 473 g/mol. The molecule has 0 bridgehead atoms. The first-order valence-corrected chi connectivity index (χ1v) is 11.7. The second-order valence-corrected chi connectivity index (χ2v) is 8.61. The first kappa shape index (κ1) is 24.3. The molecule has 0 saturated carbocycles. The number of benzene rings is 2. The standard InChI is InChI=1S/C28H31N3O4/c1-21-9-11-22(12-10-21)19-30(14-13-23-18-29-25-7-4-3-6-24(23)25)27(32)20-31(15-17-34-2)28(33)26-8-5-16-35-26/h3-12,16,18,29H,13-15,17,19-20H2,1-2H3. The molecular formula is C28H31N3O4. The van der Waals surface area contributed by atoms with Gasteiger partial charge in [0.2, 0.25) is 5.91 Å². The average molecular weight is 474 g/mol. The van der Waals surface area contributed by atoms with Gasteiger partial charge in [0.15, 0.2) is 5.76 Å². The van der Waals surface area contributed by atoms with Gasteiger partial charge in [-0.05, 0) is 42.7 Å². The lowest BCUT2D eigenvalue weighted by atomic mass is 10.1. The lowest BCUT2D eigenvalue weighted by molar-refractivity contribution is -0.132. The zero-order chi connectivity index (χ0) is 24.6. The number of H-pyrrole nitrogens is 1. The van der Waals surface area contributed by atoms with E-state index in [4.69, 9.17) is 9.15 Å². The number of nitrogens with one attached hydrogen (secondary N) is 1. The van der Waals surface area contributed by atoms with E-state index in [1.807, 2.05) is 60.5 Å². The number of aromatic nitrogens is 1. The summed E-state index contributed by atoms with van der Waals surface area (Å²) in [5, 5.41) is 1.16. The van der Waals surface area contributed by atoms with Crippen LogP contribution in [-0.2, 0) is 22.5 Å². The number of aromatic amines is 1. The van der Waals surface area contributed by atoms with Crippen LogP contribution < -0.4 is 0 Å². The fourth-order valence-corrected chi connectivity index (χ4v) is 4.07. The van der Waals surface area contributed by atoms with Crippen LogP contribution in [0.15, 0.2) is 77.5 Å². The minimum Gasteiger partial charge on any atom is -0.459 e. The molecule has 0 saturated heterocycles. The first-order valence-electron chi connectivity index (χ1n) is 11.7. The number of rotatable bonds is 11. The Bertz CT molecular complexity index is 1240. The molecule has 0 atom stereocenters. The molecule has 2 aromatic carbocycles. The lowest BCUT2D eigenvalue weighted by Crippen LogP contribution is -2.44. The van der Waals surface area contributed by atoms with Crippen LogP contribution in [0.25, 0.3) is 10.9 Å². The molecule has 7 nitrogen and oxygen atoms in total. The Morgan fingerprint density at radius 1 is 0.971 bits per heavy atom. The van der Waals surface area contributed by atoms with Gasteiger partial charge >= 0.3 is 0 Å². The number of ether oxygens (including phenoxy) is 1. The number of carbonyl (C=O) groups is 2. The topological polar surface area (TPSA) is 78.8 Å². The van der Waals surface area contributed by atoms with Crippen molar-refractivity contribution < 1.29 is 18.7 Å². The first-order chi connectivity index (χ1) is 17.0. The van der Waals surface area contributed by atoms with Crippen LogP contribution in [0.2, 0.25) is 0 Å². The van der Waals surface area contributed by atoms with Crippen LogP contribution in [0.5, 0.6) is 0 Å². The molecule has 7 heteroatoms. The summed E-state index contributed by atoms with van der Waals surface area (Å²) in [5.41, 5.74) is 4.45. The van der Waals surface area contributed by atoms with Crippen LogP contribution >= 0.6 is 0 Å². The van der Waals surface area contributed by atoms with Gasteiger partial charge in [-0.1, -0.05) is 48.0 Å². The number of carbonyl (C=O) groups excluding carboxylic acids is 2. The molecule has 182 valence electrons. The molecule has 0 radical (unpaired) electrons. The number of hydrogen-bond donors (Lipinski definition) is 1. The molecule has 2 amide bonds. The summed E-state index contributed by atoms with van der Waals surface area (Å²) in [6, 6.07) is 19.6. The van der Waals surface area contributed by atoms with Crippen molar-refractivity contribution in [3.05, 3.63) is 95.6 Å². The second-order valence-electron chi connectivity index (χ2n) is 8.61. The van der Waals surface area contributed by atoms with E-state index in [2.05, 4.69) is 11.1 Å². The summed E-state index contributed by atoms with van der Waals surface area (Å²) in [5.74, 6) is -0.244. The van der Waals surface area contributed by atoms with Crippen molar-refractivity contribution in [1.82, 2.24) is 14.8 Å². The highest BCUT2D eigenvalue weighted by Crippen LogP contribution is 2.19. The van der Waals surface area contributed by atoms with Gasteiger partial charge < -0.3 is 23.9 Å². The molecule has 4 aromatic rings. The molecule has 0 unspecified atom stereocenters. The van der Waals surface area contributed by atoms with Gasteiger partial charge in [0.1, 0.15) is 6.54 Å². The molecule has 35 heavy (non-hydrogen) atoms. The third-order valence-corrected chi connectivity index (χ3v) is 6.08. The van der Waals surface area contributed by atoms with Crippen molar-refractivity contribution in [1.29, 1.82) is 0 Å². The van der Waals surface area contributed by atoms with Crippen molar-refractivity contribution >= 4 is 22.7 Å². The predicted molar refractivity (Wildman–Crippen MR) is 135 cm³/mol. The number of aryl methyl sites for hydroxylation is 1. The third kappa shape index (κ3) is 6.19. The van der Waals surface area contributed by atoms with E-state index in [-0.39, 0.29) is 24.1 Å². The molecule has 0 aliphatic rings. The summed E-state index contributed by atoms with van der Waals surface area (Å²) in [7, 11) is 1.57. The normalized spacial score (nSPS) is 11.0. The average Bonchev–Trinajstić information content (AvgIpc) is 3.55. The maximum Gasteiger partial charge on any atom is 0.290 e. The molecule has 0 spiro atoms. The molecule has 0 aliphatic carbocycles. The fraction of sp³-hybridized carbons (Fsp3) is 0.286.